The van der Waals surface area contributed by atoms with E-state index in [0.717, 1.165) is 34.3 Å². The van der Waals surface area contributed by atoms with Crippen LogP contribution in [0.2, 0.25) is 0 Å². The smallest absolute Gasteiger partial charge is 0.112 e. The molecule has 0 unspecified atom stereocenters. The normalized spacial score (nSPS) is 10.7. The SMILES string of the molecule is CCOCCNc1ccnc2cc(Br)cnc12. The van der Waals surface area contributed by atoms with E-state index in [1.54, 1.807) is 12.4 Å². The maximum Gasteiger partial charge on any atom is 0.112 e. The summed E-state index contributed by atoms with van der Waals surface area (Å²) in [6, 6.07) is 3.88. The first-order chi connectivity index (χ1) is 8.31. The second-order valence-corrected chi connectivity index (χ2v) is 4.42. The molecule has 4 nitrogen and oxygen atoms in total. The van der Waals surface area contributed by atoms with E-state index in [4.69, 9.17) is 4.74 Å². The first kappa shape index (κ1) is 12.3. The summed E-state index contributed by atoms with van der Waals surface area (Å²) in [7, 11) is 0. The van der Waals surface area contributed by atoms with Crippen LogP contribution in [0.4, 0.5) is 5.69 Å². The van der Waals surface area contributed by atoms with Crippen molar-refractivity contribution in [1.29, 1.82) is 0 Å². The summed E-state index contributed by atoms with van der Waals surface area (Å²) >= 11 is 3.39. The van der Waals surface area contributed by atoms with E-state index in [9.17, 15) is 0 Å². The molecule has 0 bridgehead atoms. The van der Waals surface area contributed by atoms with Crippen LogP contribution < -0.4 is 5.32 Å². The fraction of sp³-hybridized carbons (Fsp3) is 0.333. The van der Waals surface area contributed by atoms with Crippen molar-refractivity contribution in [2.45, 2.75) is 6.92 Å². The van der Waals surface area contributed by atoms with Crippen molar-refractivity contribution in [3.63, 3.8) is 0 Å². The number of nitrogens with zero attached hydrogens (tertiary/aromatic N) is 2. The molecule has 2 rings (SSSR count). The lowest BCUT2D eigenvalue weighted by atomic mass is 10.3. The van der Waals surface area contributed by atoms with Gasteiger partial charge in [-0.25, -0.2) is 0 Å². The van der Waals surface area contributed by atoms with E-state index >= 15 is 0 Å². The lowest BCUT2D eigenvalue weighted by molar-refractivity contribution is 0.158. The molecule has 0 radical (unpaired) electrons. The van der Waals surface area contributed by atoms with Crippen LogP contribution in [0.15, 0.2) is 29.0 Å². The second-order valence-electron chi connectivity index (χ2n) is 3.50. The van der Waals surface area contributed by atoms with Crippen LogP contribution in [0.25, 0.3) is 11.0 Å². The Kier molecular flexibility index (Phi) is 4.28. The Morgan fingerprint density at radius 2 is 2.29 bits per heavy atom. The van der Waals surface area contributed by atoms with Crippen LogP contribution in [-0.4, -0.2) is 29.7 Å². The van der Waals surface area contributed by atoms with E-state index < -0.39 is 0 Å². The Balaban J connectivity index is 2.16. The molecular formula is C12H14BrN3O. The minimum atomic E-state index is 0.691. The van der Waals surface area contributed by atoms with E-state index in [1.807, 2.05) is 19.1 Å². The quantitative estimate of drug-likeness (QED) is 0.862. The fourth-order valence-corrected chi connectivity index (χ4v) is 1.87. The summed E-state index contributed by atoms with van der Waals surface area (Å²) in [5.41, 5.74) is 2.75. The Labute approximate surface area is 109 Å². The lowest BCUT2D eigenvalue weighted by Gasteiger charge is -2.08. The zero-order valence-corrected chi connectivity index (χ0v) is 11.2. The lowest BCUT2D eigenvalue weighted by Crippen LogP contribution is -2.09. The number of aromatic nitrogens is 2. The van der Waals surface area contributed by atoms with Crippen LogP contribution in [-0.2, 0) is 4.74 Å². The van der Waals surface area contributed by atoms with Gasteiger partial charge in [0.1, 0.15) is 5.52 Å². The van der Waals surface area contributed by atoms with Gasteiger partial charge in [0.25, 0.3) is 0 Å². The molecule has 2 heterocycles. The molecule has 0 aliphatic carbocycles. The van der Waals surface area contributed by atoms with Gasteiger partial charge in [-0.15, -0.1) is 0 Å². The molecule has 0 aliphatic rings. The van der Waals surface area contributed by atoms with Gasteiger partial charge < -0.3 is 10.1 Å². The summed E-state index contributed by atoms with van der Waals surface area (Å²) in [4.78, 5) is 8.65. The monoisotopic (exact) mass is 295 g/mol. The number of anilines is 1. The minimum absolute atomic E-state index is 0.691. The van der Waals surface area contributed by atoms with Gasteiger partial charge in [0, 0.05) is 30.0 Å². The van der Waals surface area contributed by atoms with Gasteiger partial charge >= 0.3 is 0 Å². The molecule has 5 heteroatoms. The van der Waals surface area contributed by atoms with Crippen molar-refractivity contribution >= 4 is 32.7 Å². The van der Waals surface area contributed by atoms with Crippen LogP contribution in [0.3, 0.4) is 0 Å². The summed E-state index contributed by atoms with van der Waals surface area (Å²) in [6.45, 7) is 4.19. The first-order valence-corrected chi connectivity index (χ1v) is 6.32. The molecule has 0 atom stereocenters. The number of ether oxygens (including phenoxy) is 1. The molecule has 17 heavy (non-hydrogen) atoms. The Morgan fingerprint density at radius 1 is 1.41 bits per heavy atom. The number of fused-ring (bicyclic) bond motifs is 1. The number of nitrogens with one attached hydrogen (secondary N) is 1. The summed E-state index contributed by atoms with van der Waals surface area (Å²) < 4.78 is 6.21. The third-order valence-electron chi connectivity index (χ3n) is 2.31. The number of halogens is 1. The van der Waals surface area contributed by atoms with Crippen molar-refractivity contribution in [2.24, 2.45) is 0 Å². The molecule has 0 spiro atoms. The van der Waals surface area contributed by atoms with Crippen LogP contribution in [0.1, 0.15) is 6.92 Å². The standard InChI is InChI=1S/C12H14BrN3O/c1-2-17-6-5-15-10-3-4-14-11-7-9(13)8-16-12(10)11/h3-4,7-8H,2,5-6H2,1H3,(H,14,15). The van der Waals surface area contributed by atoms with E-state index in [0.29, 0.717) is 6.61 Å². The predicted molar refractivity (Wildman–Crippen MR) is 72.2 cm³/mol. The maximum atomic E-state index is 5.28. The molecule has 0 saturated heterocycles. The van der Waals surface area contributed by atoms with Crippen molar-refractivity contribution in [3.8, 4) is 0 Å². The summed E-state index contributed by atoms with van der Waals surface area (Å²) in [6.07, 6.45) is 3.55. The summed E-state index contributed by atoms with van der Waals surface area (Å²) in [5, 5.41) is 3.30. The van der Waals surface area contributed by atoms with Gasteiger partial charge in [0.2, 0.25) is 0 Å². The molecule has 0 saturated carbocycles. The van der Waals surface area contributed by atoms with Gasteiger partial charge in [-0.3, -0.25) is 9.97 Å². The Bertz CT molecular complexity index is 504. The number of hydrogen-bond donors (Lipinski definition) is 1. The fourth-order valence-electron chi connectivity index (χ4n) is 1.55. The predicted octanol–water partition coefficient (Wildman–Crippen LogP) is 2.84. The van der Waals surface area contributed by atoms with Crippen LogP contribution in [0, 0.1) is 0 Å². The van der Waals surface area contributed by atoms with Gasteiger partial charge in [-0.2, -0.15) is 0 Å². The number of rotatable bonds is 5. The van der Waals surface area contributed by atoms with E-state index in [-0.39, 0.29) is 0 Å². The first-order valence-electron chi connectivity index (χ1n) is 5.53. The van der Waals surface area contributed by atoms with Crippen molar-refractivity contribution in [3.05, 3.63) is 29.0 Å². The molecular weight excluding hydrogens is 282 g/mol. The van der Waals surface area contributed by atoms with Crippen LogP contribution >= 0.6 is 15.9 Å². The largest absolute Gasteiger partial charge is 0.381 e. The topological polar surface area (TPSA) is 47.0 Å². The van der Waals surface area contributed by atoms with Gasteiger partial charge in [0.05, 0.1) is 17.8 Å². The molecule has 2 aromatic heterocycles. The highest BCUT2D eigenvalue weighted by Gasteiger charge is 2.03. The van der Waals surface area contributed by atoms with E-state index in [2.05, 4.69) is 31.2 Å². The average Bonchev–Trinajstić information content (AvgIpc) is 2.34. The van der Waals surface area contributed by atoms with E-state index in [1.165, 1.54) is 0 Å². The molecule has 0 aromatic carbocycles. The van der Waals surface area contributed by atoms with Crippen molar-refractivity contribution in [1.82, 2.24) is 9.97 Å². The highest BCUT2D eigenvalue weighted by atomic mass is 79.9. The third kappa shape index (κ3) is 3.14. The zero-order chi connectivity index (χ0) is 12.1. The van der Waals surface area contributed by atoms with Crippen LogP contribution in [0.5, 0.6) is 0 Å². The zero-order valence-electron chi connectivity index (χ0n) is 9.61. The maximum absolute atomic E-state index is 5.28. The second kappa shape index (κ2) is 5.93. The van der Waals surface area contributed by atoms with Crippen molar-refractivity contribution < 1.29 is 4.74 Å². The number of hydrogen-bond acceptors (Lipinski definition) is 4. The van der Waals surface area contributed by atoms with Gasteiger partial charge in [-0.05, 0) is 35.0 Å². The summed E-state index contributed by atoms with van der Waals surface area (Å²) in [5.74, 6) is 0. The van der Waals surface area contributed by atoms with Gasteiger partial charge in [0.15, 0.2) is 0 Å². The molecule has 1 N–H and O–H groups in total. The molecule has 90 valence electrons. The highest BCUT2D eigenvalue weighted by Crippen LogP contribution is 2.21. The number of pyridine rings is 2. The highest BCUT2D eigenvalue weighted by molar-refractivity contribution is 9.10. The average molecular weight is 296 g/mol. The molecule has 0 aliphatic heterocycles. The Hall–Kier alpha value is -1.20. The van der Waals surface area contributed by atoms with Crippen molar-refractivity contribution in [2.75, 3.05) is 25.1 Å². The molecule has 0 fully saturated rings. The van der Waals surface area contributed by atoms with Gasteiger partial charge in [-0.1, -0.05) is 0 Å². The minimum Gasteiger partial charge on any atom is -0.381 e. The Morgan fingerprint density at radius 3 is 3.12 bits per heavy atom. The third-order valence-corrected chi connectivity index (χ3v) is 2.74. The molecule has 2 aromatic rings. The molecule has 0 amide bonds.